The highest BCUT2D eigenvalue weighted by atomic mass is 14.9. The maximum atomic E-state index is 3.25. The van der Waals surface area contributed by atoms with Crippen LogP contribution in [0.25, 0.3) is 0 Å². The van der Waals surface area contributed by atoms with E-state index in [0.717, 1.165) is 11.4 Å². The lowest BCUT2D eigenvalue weighted by atomic mass is 10.2. The van der Waals surface area contributed by atoms with Crippen LogP contribution < -0.4 is 10.3 Å². The van der Waals surface area contributed by atoms with Crippen LogP contribution in [0.3, 0.4) is 0 Å². The minimum Gasteiger partial charge on any atom is -0.247 e. The number of anilines is 1. The molecule has 0 spiro atoms. The van der Waals surface area contributed by atoms with Crippen molar-refractivity contribution in [1.29, 1.82) is 0 Å². The van der Waals surface area contributed by atoms with E-state index in [1.54, 1.807) is 0 Å². The Kier molecular flexibility index (Phi) is 3.55. The van der Waals surface area contributed by atoms with E-state index in [-0.39, 0.29) is 0 Å². The first-order valence-corrected chi connectivity index (χ1v) is 5.73. The van der Waals surface area contributed by atoms with Crippen LogP contribution in [0.1, 0.15) is 11.1 Å². The average molecular weight is 225 g/mol. The monoisotopic (exact) mass is 225 g/mol. The summed E-state index contributed by atoms with van der Waals surface area (Å²) in [6.45, 7) is 4.17. The maximum absolute atomic E-state index is 3.25. The highest BCUT2D eigenvalue weighted by molar-refractivity contribution is 5.74. The first-order valence-electron chi connectivity index (χ1n) is 5.73. The third-order valence-electron chi connectivity index (χ3n) is 2.75. The summed E-state index contributed by atoms with van der Waals surface area (Å²) in [5, 5.41) is 3.25. The second kappa shape index (κ2) is 5.30. The van der Waals surface area contributed by atoms with Crippen LogP contribution >= 0.6 is 0 Å². The van der Waals surface area contributed by atoms with E-state index in [0.29, 0.717) is 0 Å². The highest BCUT2D eigenvalue weighted by Crippen LogP contribution is 2.11. The molecule has 0 aliphatic rings. The molecule has 2 aromatic carbocycles. The van der Waals surface area contributed by atoms with Crippen molar-refractivity contribution in [3.05, 3.63) is 59.7 Å². The second-order valence-electron chi connectivity index (χ2n) is 4.06. The number of hydrogen-bond acceptors (Lipinski definition) is 0. The molecule has 0 amide bonds. The summed E-state index contributed by atoms with van der Waals surface area (Å²) >= 11 is 0. The van der Waals surface area contributed by atoms with Crippen LogP contribution in [0.4, 0.5) is 11.4 Å². The van der Waals surface area contributed by atoms with E-state index in [9.17, 15) is 0 Å². The summed E-state index contributed by atoms with van der Waals surface area (Å²) in [6, 6.07) is 16.4. The van der Waals surface area contributed by atoms with Gasteiger partial charge >= 0.3 is 0 Å². The summed E-state index contributed by atoms with van der Waals surface area (Å²) in [7, 11) is 0. The first-order chi connectivity index (χ1) is 8.27. The SMILES string of the molecule is Cc1ccccc1NC=[NH+]c1ccccc1C. The van der Waals surface area contributed by atoms with Gasteiger partial charge in [-0.25, -0.2) is 10.3 Å². The lowest BCUT2D eigenvalue weighted by Gasteiger charge is -1.98. The molecule has 0 heterocycles. The third kappa shape index (κ3) is 2.94. The van der Waals surface area contributed by atoms with E-state index in [1.165, 1.54) is 11.1 Å². The minimum absolute atomic E-state index is 1.12. The van der Waals surface area contributed by atoms with E-state index in [1.807, 2.05) is 30.6 Å². The molecule has 0 fully saturated rings. The maximum Gasteiger partial charge on any atom is 0.240 e. The van der Waals surface area contributed by atoms with Gasteiger partial charge in [0, 0.05) is 0 Å². The van der Waals surface area contributed by atoms with Gasteiger partial charge in [-0.15, -0.1) is 0 Å². The van der Waals surface area contributed by atoms with Crippen molar-refractivity contribution in [2.75, 3.05) is 5.32 Å². The van der Waals surface area contributed by atoms with Gasteiger partial charge in [0.25, 0.3) is 0 Å². The zero-order valence-corrected chi connectivity index (χ0v) is 10.2. The Hall–Kier alpha value is -2.09. The number of rotatable bonds is 3. The number of nitrogens with one attached hydrogen (secondary N) is 2. The molecule has 2 rings (SSSR count). The average Bonchev–Trinajstić information content (AvgIpc) is 2.34. The van der Waals surface area contributed by atoms with Crippen LogP contribution in [0.5, 0.6) is 0 Å². The zero-order chi connectivity index (χ0) is 12.1. The lowest BCUT2D eigenvalue weighted by molar-refractivity contribution is -0.348. The van der Waals surface area contributed by atoms with Crippen molar-refractivity contribution in [2.45, 2.75) is 13.8 Å². The standard InChI is InChI=1S/C15H16N2/c1-12-7-3-5-9-14(12)16-11-17-15-10-6-4-8-13(15)2/h3-11H,1-2H3,(H,16,17)/p+1. The minimum atomic E-state index is 1.12. The van der Waals surface area contributed by atoms with Crippen molar-refractivity contribution >= 4 is 17.7 Å². The summed E-state index contributed by atoms with van der Waals surface area (Å²) < 4.78 is 0. The molecule has 0 bridgehead atoms. The Balaban J connectivity index is 2.09. The van der Waals surface area contributed by atoms with Crippen molar-refractivity contribution in [2.24, 2.45) is 0 Å². The first kappa shape index (κ1) is 11.4. The van der Waals surface area contributed by atoms with Gasteiger partial charge in [-0.05, 0) is 37.1 Å². The lowest BCUT2D eigenvalue weighted by Crippen LogP contribution is -2.63. The Morgan fingerprint density at radius 1 is 0.882 bits per heavy atom. The van der Waals surface area contributed by atoms with Gasteiger partial charge < -0.3 is 0 Å². The molecule has 86 valence electrons. The van der Waals surface area contributed by atoms with Crippen LogP contribution in [0.15, 0.2) is 48.5 Å². The smallest absolute Gasteiger partial charge is 0.240 e. The van der Waals surface area contributed by atoms with E-state index in [2.05, 4.69) is 48.4 Å². The normalized spacial score (nSPS) is 10.7. The predicted octanol–water partition coefficient (Wildman–Crippen LogP) is 2.16. The van der Waals surface area contributed by atoms with Crippen LogP contribution in [-0.2, 0) is 0 Å². The molecule has 0 aliphatic carbocycles. The fourth-order valence-electron chi connectivity index (χ4n) is 1.66. The largest absolute Gasteiger partial charge is 0.247 e. The molecular weight excluding hydrogens is 208 g/mol. The van der Waals surface area contributed by atoms with Crippen molar-refractivity contribution < 1.29 is 4.99 Å². The van der Waals surface area contributed by atoms with Crippen molar-refractivity contribution in [1.82, 2.24) is 0 Å². The Labute approximate surface area is 102 Å². The molecule has 2 aromatic rings. The summed E-state index contributed by atoms with van der Waals surface area (Å²) in [6.07, 6.45) is 1.87. The fourth-order valence-corrected chi connectivity index (χ4v) is 1.66. The van der Waals surface area contributed by atoms with Gasteiger partial charge in [0.05, 0.1) is 0 Å². The molecule has 0 aliphatic heterocycles. The molecule has 0 aromatic heterocycles. The predicted molar refractivity (Wildman–Crippen MR) is 72.7 cm³/mol. The van der Waals surface area contributed by atoms with Crippen molar-refractivity contribution in [3.8, 4) is 0 Å². The Bertz CT molecular complexity index is 530. The zero-order valence-electron chi connectivity index (χ0n) is 10.2. The molecule has 2 heteroatoms. The molecule has 0 saturated heterocycles. The van der Waals surface area contributed by atoms with Gasteiger partial charge in [-0.1, -0.05) is 36.4 Å². The van der Waals surface area contributed by atoms with Crippen LogP contribution in [0, 0.1) is 13.8 Å². The summed E-state index contributed by atoms with van der Waals surface area (Å²) in [5.41, 5.74) is 4.70. The van der Waals surface area contributed by atoms with Gasteiger partial charge in [0.2, 0.25) is 6.34 Å². The van der Waals surface area contributed by atoms with E-state index < -0.39 is 0 Å². The molecule has 0 radical (unpaired) electrons. The third-order valence-corrected chi connectivity index (χ3v) is 2.75. The topological polar surface area (TPSA) is 26.0 Å². The quantitative estimate of drug-likeness (QED) is 0.607. The number of benzene rings is 2. The molecule has 2 N–H and O–H groups in total. The van der Waals surface area contributed by atoms with Gasteiger partial charge in [-0.2, -0.15) is 0 Å². The molecular formula is C15H17N2+. The fraction of sp³-hybridized carbons (Fsp3) is 0.133. The Morgan fingerprint density at radius 2 is 1.53 bits per heavy atom. The number of para-hydroxylation sites is 2. The summed E-state index contributed by atoms with van der Waals surface area (Å²) in [5.74, 6) is 0. The van der Waals surface area contributed by atoms with Crippen LogP contribution in [-0.4, -0.2) is 6.34 Å². The van der Waals surface area contributed by atoms with Gasteiger partial charge in [0.1, 0.15) is 11.4 Å². The summed E-state index contributed by atoms with van der Waals surface area (Å²) in [4.78, 5) is 3.25. The van der Waals surface area contributed by atoms with Gasteiger partial charge in [0.15, 0.2) is 0 Å². The number of aryl methyl sites for hydroxylation is 2. The highest BCUT2D eigenvalue weighted by Gasteiger charge is 1.98. The van der Waals surface area contributed by atoms with Gasteiger partial charge in [-0.3, -0.25) is 0 Å². The van der Waals surface area contributed by atoms with E-state index >= 15 is 0 Å². The Morgan fingerprint density at radius 3 is 2.24 bits per heavy atom. The second-order valence-corrected chi connectivity index (χ2v) is 4.06. The number of hydrogen-bond donors (Lipinski definition) is 2. The molecule has 0 unspecified atom stereocenters. The molecule has 17 heavy (non-hydrogen) atoms. The molecule has 0 atom stereocenters. The van der Waals surface area contributed by atoms with Crippen LogP contribution in [0.2, 0.25) is 0 Å². The van der Waals surface area contributed by atoms with E-state index in [4.69, 9.17) is 0 Å². The molecule has 2 nitrogen and oxygen atoms in total. The molecule has 0 saturated carbocycles. The van der Waals surface area contributed by atoms with Crippen molar-refractivity contribution in [3.63, 3.8) is 0 Å².